The molecule has 2 atom stereocenters. The molecular formula is C23H30N6O4. The molecule has 1 fully saturated rings. The predicted molar refractivity (Wildman–Crippen MR) is 124 cm³/mol. The van der Waals surface area contributed by atoms with Gasteiger partial charge in [-0.3, -0.25) is 9.48 Å². The smallest absolute Gasteiger partial charge is 0.356 e. The first-order chi connectivity index (χ1) is 16.0. The number of hydrogen-bond donors (Lipinski definition) is 2. The van der Waals surface area contributed by atoms with E-state index < -0.39 is 5.97 Å². The molecule has 0 aromatic carbocycles. The number of carbonyl (C=O) groups is 2. The van der Waals surface area contributed by atoms with E-state index in [1.807, 2.05) is 23.0 Å². The van der Waals surface area contributed by atoms with Gasteiger partial charge in [0.05, 0.1) is 37.3 Å². The largest absolute Gasteiger partial charge is 0.464 e. The van der Waals surface area contributed by atoms with E-state index in [0.29, 0.717) is 29.9 Å². The number of nitrogens with one attached hydrogen (secondary N) is 2. The molecular weight excluding hydrogens is 424 g/mol. The minimum absolute atomic E-state index is 0.0175. The standard InChI is InChI=1S/C23H30N6O4/c1-15(7-10-28-9-5-8-25-28)26-17-12-19-20(27-16(2)30)21(23(31)32-3)29(22(19)24-13-17)14-18-6-4-11-33-18/h5,8-9,12-13,15,18,26H,4,6-7,10-11,14H2,1-3H3,(H,27,30)/t15-,18+/m0/s1. The number of aromatic nitrogens is 4. The minimum atomic E-state index is -0.531. The molecule has 4 heterocycles. The van der Waals surface area contributed by atoms with Crippen molar-refractivity contribution in [2.24, 2.45) is 0 Å². The van der Waals surface area contributed by atoms with Gasteiger partial charge in [-0.15, -0.1) is 0 Å². The van der Waals surface area contributed by atoms with E-state index >= 15 is 0 Å². The molecule has 2 N–H and O–H groups in total. The lowest BCUT2D eigenvalue weighted by Gasteiger charge is -2.16. The topological polar surface area (TPSA) is 112 Å². The highest BCUT2D eigenvalue weighted by Gasteiger charge is 2.28. The Labute approximate surface area is 192 Å². The van der Waals surface area contributed by atoms with Gasteiger partial charge in [0.25, 0.3) is 0 Å². The Morgan fingerprint density at radius 2 is 2.24 bits per heavy atom. The zero-order valence-electron chi connectivity index (χ0n) is 19.2. The number of hydrogen-bond acceptors (Lipinski definition) is 7. The minimum Gasteiger partial charge on any atom is -0.464 e. The zero-order chi connectivity index (χ0) is 23.4. The molecule has 0 radical (unpaired) electrons. The summed E-state index contributed by atoms with van der Waals surface area (Å²) in [7, 11) is 1.33. The highest BCUT2D eigenvalue weighted by molar-refractivity contribution is 6.10. The van der Waals surface area contributed by atoms with Crippen LogP contribution in [0.5, 0.6) is 0 Å². The van der Waals surface area contributed by atoms with Crippen molar-refractivity contribution >= 4 is 34.3 Å². The molecule has 33 heavy (non-hydrogen) atoms. The highest BCUT2D eigenvalue weighted by atomic mass is 16.5. The van der Waals surface area contributed by atoms with Crippen LogP contribution in [0.2, 0.25) is 0 Å². The lowest BCUT2D eigenvalue weighted by Crippen LogP contribution is -2.21. The maximum Gasteiger partial charge on any atom is 0.356 e. The maximum atomic E-state index is 12.8. The summed E-state index contributed by atoms with van der Waals surface area (Å²) in [6.45, 7) is 5.45. The number of methoxy groups -OCH3 is 1. The van der Waals surface area contributed by atoms with Crippen LogP contribution >= 0.6 is 0 Å². The lowest BCUT2D eigenvalue weighted by atomic mass is 10.2. The van der Waals surface area contributed by atoms with Crippen LogP contribution in [-0.2, 0) is 27.4 Å². The second-order valence-corrected chi connectivity index (χ2v) is 8.34. The van der Waals surface area contributed by atoms with Crippen LogP contribution < -0.4 is 10.6 Å². The summed E-state index contributed by atoms with van der Waals surface area (Å²) >= 11 is 0. The van der Waals surface area contributed by atoms with Crippen molar-refractivity contribution in [3.05, 3.63) is 36.4 Å². The molecule has 1 aliphatic rings. The van der Waals surface area contributed by atoms with Crippen molar-refractivity contribution in [2.75, 3.05) is 24.4 Å². The van der Waals surface area contributed by atoms with E-state index in [0.717, 1.165) is 31.5 Å². The van der Waals surface area contributed by atoms with Crippen molar-refractivity contribution in [1.29, 1.82) is 0 Å². The van der Waals surface area contributed by atoms with Crippen LogP contribution in [0.3, 0.4) is 0 Å². The van der Waals surface area contributed by atoms with E-state index in [-0.39, 0.29) is 23.7 Å². The van der Waals surface area contributed by atoms with E-state index in [1.54, 1.807) is 17.0 Å². The van der Waals surface area contributed by atoms with E-state index in [2.05, 4.69) is 27.6 Å². The molecule has 0 aliphatic carbocycles. The second kappa shape index (κ2) is 10.0. The third-order valence-electron chi connectivity index (χ3n) is 5.75. The molecule has 10 heteroatoms. The van der Waals surface area contributed by atoms with Gasteiger partial charge in [-0.1, -0.05) is 0 Å². The Morgan fingerprint density at radius 3 is 2.91 bits per heavy atom. The SMILES string of the molecule is COC(=O)c1c(NC(C)=O)c2cc(N[C@@H](C)CCn3cccn3)cnc2n1C[C@H]1CCCO1. The molecule has 0 bridgehead atoms. The summed E-state index contributed by atoms with van der Waals surface area (Å²) in [5, 5.41) is 11.2. The lowest BCUT2D eigenvalue weighted by molar-refractivity contribution is -0.114. The molecule has 0 saturated carbocycles. The van der Waals surface area contributed by atoms with Crippen LogP contribution in [0.4, 0.5) is 11.4 Å². The molecule has 176 valence electrons. The van der Waals surface area contributed by atoms with Crippen LogP contribution in [0.1, 0.15) is 43.6 Å². The van der Waals surface area contributed by atoms with Crippen LogP contribution in [-0.4, -0.2) is 57.1 Å². The Morgan fingerprint density at radius 1 is 1.39 bits per heavy atom. The van der Waals surface area contributed by atoms with Crippen molar-refractivity contribution in [2.45, 2.75) is 58.3 Å². The monoisotopic (exact) mass is 454 g/mol. The van der Waals surface area contributed by atoms with E-state index in [1.165, 1.54) is 14.0 Å². The van der Waals surface area contributed by atoms with Crippen molar-refractivity contribution in [3.8, 4) is 0 Å². The summed E-state index contributed by atoms with van der Waals surface area (Å²) in [6.07, 6.45) is 8.18. The molecule has 3 aromatic heterocycles. The normalized spacial score (nSPS) is 16.6. The molecule has 1 aliphatic heterocycles. The average molecular weight is 455 g/mol. The summed E-state index contributed by atoms with van der Waals surface area (Å²) < 4.78 is 14.5. The first kappa shape index (κ1) is 22.8. The van der Waals surface area contributed by atoms with Crippen LogP contribution in [0.15, 0.2) is 30.7 Å². The molecule has 4 rings (SSSR count). The summed E-state index contributed by atoms with van der Waals surface area (Å²) in [5.74, 6) is -0.806. The van der Waals surface area contributed by atoms with E-state index in [4.69, 9.17) is 9.47 Å². The average Bonchev–Trinajstić information content (AvgIpc) is 3.54. The van der Waals surface area contributed by atoms with E-state index in [9.17, 15) is 9.59 Å². The number of carbonyl (C=O) groups excluding carboxylic acids is 2. The quantitative estimate of drug-likeness (QED) is 0.478. The summed E-state index contributed by atoms with van der Waals surface area (Å²) in [5.41, 5.74) is 2.08. The predicted octanol–water partition coefficient (Wildman–Crippen LogP) is 3.05. The van der Waals surface area contributed by atoms with Gasteiger partial charge in [0.15, 0.2) is 5.69 Å². The Kier molecular flexibility index (Phi) is 6.93. The number of aryl methyl sites for hydroxylation is 1. The number of anilines is 2. The molecule has 0 spiro atoms. The first-order valence-electron chi connectivity index (χ1n) is 11.2. The Bertz CT molecular complexity index is 1120. The van der Waals surface area contributed by atoms with Gasteiger partial charge in [-0.2, -0.15) is 5.10 Å². The molecule has 1 amide bonds. The van der Waals surface area contributed by atoms with Crippen molar-refractivity contribution < 1.29 is 19.1 Å². The second-order valence-electron chi connectivity index (χ2n) is 8.34. The van der Waals surface area contributed by atoms with Crippen LogP contribution in [0.25, 0.3) is 11.0 Å². The van der Waals surface area contributed by atoms with Crippen LogP contribution in [0, 0.1) is 0 Å². The molecule has 0 unspecified atom stereocenters. The van der Waals surface area contributed by atoms with Gasteiger partial charge < -0.3 is 24.7 Å². The number of fused-ring (bicyclic) bond motifs is 1. The van der Waals surface area contributed by atoms with Gasteiger partial charge in [0.2, 0.25) is 5.91 Å². The number of rotatable bonds is 9. The third kappa shape index (κ3) is 5.16. The summed E-state index contributed by atoms with van der Waals surface area (Å²) in [4.78, 5) is 29.4. The summed E-state index contributed by atoms with van der Waals surface area (Å²) in [6, 6.07) is 3.97. The van der Waals surface area contributed by atoms with Crippen molar-refractivity contribution in [1.82, 2.24) is 19.3 Å². The van der Waals surface area contributed by atoms with Gasteiger partial charge in [0.1, 0.15) is 5.65 Å². The number of amides is 1. The zero-order valence-corrected chi connectivity index (χ0v) is 19.2. The number of ether oxygens (including phenoxy) is 2. The maximum absolute atomic E-state index is 12.8. The van der Waals surface area contributed by atoms with Crippen molar-refractivity contribution in [3.63, 3.8) is 0 Å². The van der Waals surface area contributed by atoms with Gasteiger partial charge >= 0.3 is 5.97 Å². The molecule has 1 saturated heterocycles. The fraction of sp³-hybridized carbons (Fsp3) is 0.478. The number of esters is 1. The van der Waals surface area contributed by atoms with Gasteiger partial charge in [-0.05, 0) is 38.3 Å². The fourth-order valence-electron chi connectivity index (χ4n) is 4.20. The number of pyridine rings is 1. The Hall–Kier alpha value is -3.40. The fourth-order valence-corrected chi connectivity index (χ4v) is 4.20. The van der Waals surface area contributed by atoms with Gasteiger partial charge in [0, 0.05) is 43.9 Å². The molecule has 3 aromatic rings. The highest BCUT2D eigenvalue weighted by Crippen LogP contribution is 2.34. The third-order valence-corrected chi connectivity index (χ3v) is 5.75. The Balaban J connectivity index is 1.67. The molecule has 10 nitrogen and oxygen atoms in total. The number of nitrogens with zero attached hydrogens (tertiary/aromatic N) is 4. The van der Waals surface area contributed by atoms with Gasteiger partial charge in [-0.25, -0.2) is 9.78 Å². The first-order valence-corrected chi connectivity index (χ1v) is 11.2.